The molecule has 0 spiro atoms. The Morgan fingerprint density at radius 1 is 1.00 bits per heavy atom. The number of phosphoric ester groups is 1. The van der Waals surface area contributed by atoms with Crippen LogP contribution in [0.5, 0.6) is 0 Å². The second kappa shape index (κ2) is 17.7. The summed E-state index contributed by atoms with van der Waals surface area (Å²) in [5, 5.41) is 16.9. The van der Waals surface area contributed by atoms with Crippen molar-refractivity contribution < 1.29 is 41.6 Å². The molecule has 2 aliphatic heterocycles. The summed E-state index contributed by atoms with van der Waals surface area (Å²) >= 11 is 0. The summed E-state index contributed by atoms with van der Waals surface area (Å²) in [6.45, 7) is 8.41. The van der Waals surface area contributed by atoms with Gasteiger partial charge in [0.05, 0.1) is 29.7 Å². The Kier molecular flexibility index (Phi) is 13.3. The van der Waals surface area contributed by atoms with E-state index >= 15 is 0 Å². The number of likely N-dealkylation sites (tertiary alicyclic amines) is 1. The number of benzene rings is 2. The first-order valence-corrected chi connectivity index (χ1v) is 19.2. The number of amides is 2. The first-order chi connectivity index (χ1) is 25.3. The van der Waals surface area contributed by atoms with Gasteiger partial charge < -0.3 is 24.6 Å². The van der Waals surface area contributed by atoms with Gasteiger partial charge in [0, 0.05) is 64.3 Å². The number of aromatic nitrogens is 2. The third-order valence-electron chi connectivity index (χ3n) is 8.98. The number of piperidine rings is 2. The molecule has 1 atom stereocenters. The summed E-state index contributed by atoms with van der Waals surface area (Å²) < 4.78 is 54.6. The fourth-order valence-electron chi connectivity index (χ4n) is 6.32. The quantitative estimate of drug-likeness (QED) is 0.151. The molecule has 2 amide bonds. The van der Waals surface area contributed by atoms with Gasteiger partial charge in [-0.25, -0.2) is 18.4 Å². The minimum Gasteiger partial charge on any atom is -0.444 e. The fourth-order valence-corrected chi connectivity index (χ4v) is 7.03. The molecule has 286 valence electrons. The lowest BCUT2D eigenvalue weighted by Crippen LogP contribution is -2.50. The van der Waals surface area contributed by atoms with Gasteiger partial charge in [0.1, 0.15) is 17.5 Å². The lowest BCUT2D eigenvalue weighted by Gasteiger charge is -2.33. The number of carbonyl (C=O) groups excluding carboxylic acids is 2. The largest absolute Gasteiger partial charge is 0.474 e. The highest BCUT2D eigenvalue weighted by atomic mass is 31.2. The zero-order valence-corrected chi connectivity index (χ0v) is 31.8. The third kappa shape index (κ3) is 10.6. The summed E-state index contributed by atoms with van der Waals surface area (Å²) in [4.78, 5) is 30.2. The molecule has 0 aliphatic carbocycles. The van der Waals surface area contributed by atoms with Crippen LogP contribution in [0.2, 0.25) is 0 Å². The van der Waals surface area contributed by atoms with Gasteiger partial charge in [-0.2, -0.15) is 10.4 Å². The first-order valence-electron chi connectivity index (χ1n) is 17.7. The number of anilines is 1. The number of carbonyl (C=O) groups is 2. The van der Waals surface area contributed by atoms with Crippen molar-refractivity contribution in [1.29, 1.82) is 5.26 Å². The number of nitrogens with one attached hydrogen (secondary N) is 1. The SMILES string of the molecule is COP(=O)(OC)OCCCOC1CCN(c2ccc(-n3nc(C(=O)N4CCC[C@@H](NC(=O)OC(C)(C)C)C4)cc3-c3ccc(C#N)c(F)c3)cc2)CC1. The van der Waals surface area contributed by atoms with Crippen molar-refractivity contribution in [3.05, 3.63) is 65.6 Å². The topological polar surface area (TPSA) is 157 Å². The summed E-state index contributed by atoms with van der Waals surface area (Å²) in [6.07, 6.45) is 3.18. The van der Waals surface area contributed by atoms with Gasteiger partial charge in [0.2, 0.25) is 0 Å². The number of nitrogens with zero attached hydrogens (tertiary/aromatic N) is 5. The molecule has 2 aromatic carbocycles. The minimum absolute atomic E-state index is 0.0823. The van der Waals surface area contributed by atoms with Gasteiger partial charge in [0.15, 0.2) is 5.69 Å². The molecule has 1 aromatic heterocycles. The number of hydrogen-bond donors (Lipinski definition) is 1. The molecule has 0 saturated carbocycles. The van der Waals surface area contributed by atoms with Crippen LogP contribution >= 0.6 is 7.82 Å². The third-order valence-corrected chi connectivity index (χ3v) is 10.4. The van der Waals surface area contributed by atoms with Crippen molar-refractivity contribution in [2.45, 2.75) is 70.6 Å². The second-order valence-electron chi connectivity index (χ2n) is 13.9. The van der Waals surface area contributed by atoms with E-state index in [1.165, 1.54) is 26.4 Å². The van der Waals surface area contributed by atoms with Crippen molar-refractivity contribution in [2.75, 3.05) is 58.5 Å². The molecular formula is C37H48FN6O8P. The molecule has 1 N–H and O–H groups in total. The molecule has 16 heteroatoms. The highest BCUT2D eigenvalue weighted by Gasteiger charge is 2.30. The summed E-state index contributed by atoms with van der Waals surface area (Å²) in [5.41, 5.74) is 2.08. The predicted octanol–water partition coefficient (Wildman–Crippen LogP) is 6.47. The van der Waals surface area contributed by atoms with Gasteiger partial charge >= 0.3 is 13.9 Å². The maximum absolute atomic E-state index is 14.8. The van der Waals surface area contributed by atoms with Crippen molar-refractivity contribution >= 4 is 25.5 Å². The molecule has 3 aromatic rings. The number of nitriles is 1. The van der Waals surface area contributed by atoms with Crippen molar-refractivity contribution in [1.82, 2.24) is 20.0 Å². The molecule has 0 unspecified atom stereocenters. The first kappa shape index (κ1) is 39.9. The van der Waals surface area contributed by atoms with E-state index in [0.29, 0.717) is 55.9 Å². The van der Waals surface area contributed by atoms with Gasteiger partial charge in [0.25, 0.3) is 5.91 Å². The highest BCUT2D eigenvalue weighted by molar-refractivity contribution is 7.48. The Hall–Kier alpha value is -4.32. The Morgan fingerprint density at radius 3 is 2.34 bits per heavy atom. The van der Waals surface area contributed by atoms with Crippen LogP contribution in [-0.2, 0) is 27.6 Å². The van der Waals surface area contributed by atoms with E-state index in [-0.39, 0.29) is 35.9 Å². The molecule has 0 radical (unpaired) electrons. The summed E-state index contributed by atoms with van der Waals surface area (Å²) in [5.74, 6) is -0.981. The summed E-state index contributed by atoms with van der Waals surface area (Å²) in [7, 11) is -0.939. The standard InChI is InChI=1S/C37H48FN6O8P/c1-37(2,3)52-36(46)40-28-8-6-17-43(25-28)35(45)33-23-34(26-9-10-27(24-39)32(38)22-26)44(41-33)30-13-11-29(12-14-30)42-18-15-31(16-19-42)50-20-7-21-51-53(47,48-4)49-5/h9-14,22-23,28,31H,6-8,15-21,25H2,1-5H3,(H,40,46)/t28-/m1/s1. The number of phosphoric acid groups is 1. The van der Waals surface area contributed by atoms with Crippen LogP contribution < -0.4 is 10.2 Å². The normalized spacial score (nSPS) is 17.0. The van der Waals surface area contributed by atoms with Crippen LogP contribution in [0.1, 0.15) is 68.9 Å². The van der Waals surface area contributed by atoms with E-state index in [4.69, 9.17) is 28.1 Å². The monoisotopic (exact) mass is 754 g/mol. The van der Waals surface area contributed by atoms with E-state index in [1.807, 2.05) is 30.3 Å². The Morgan fingerprint density at radius 2 is 1.70 bits per heavy atom. The molecule has 3 heterocycles. The average Bonchev–Trinajstić information content (AvgIpc) is 3.59. The van der Waals surface area contributed by atoms with Crippen LogP contribution in [0.4, 0.5) is 14.9 Å². The zero-order chi connectivity index (χ0) is 38.2. The second-order valence-corrected chi connectivity index (χ2v) is 15.8. The smallest absolute Gasteiger partial charge is 0.444 e. The van der Waals surface area contributed by atoms with Crippen LogP contribution in [-0.4, -0.2) is 98.0 Å². The Balaban J connectivity index is 1.26. The van der Waals surface area contributed by atoms with E-state index in [9.17, 15) is 23.8 Å². The summed E-state index contributed by atoms with van der Waals surface area (Å²) in [6, 6.07) is 15.3. The number of ether oxygens (including phenoxy) is 2. The predicted molar refractivity (Wildman–Crippen MR) is 195 cm³/mol. The molecule has 0 bridgehead atoms. The van der Waals surface area contributed by atoms with Crippen LogP contribution in [0, 0.1) is 17.1 Å². The van der Waals surface area contributed by atoms with Crippen LogP contribution in [0.3, 0.4) is 0 Å². The van der Waals surface area contributed by atoms with E-state index in [1.54, 1.807) is 42.5 Å². The minimum atomic E-state index is -3.49. The lowest BCUT2D eigenvalue weighted by molar-refractivity contribution is 0.0281. The van der Waals surface area contributed by atoms with Crippen molar-refractivity contribution in [2.24, 2.45) is 0 Å². The lowest BCUT2D eigenvalue weighted by atomic mass is 10.0. The molecule has 5 rings (SSSR count). The van der Waals surface area contributed by atoms with Gasteiger partial charge in [-0.15, -0.1) is 0 Å². The fraction of sp³-hybridized carbons (Fsp3) is 0.514. The van der Waals surface area contributed by atoms with Crippen LogP contribution in [0.25, 0.3) is 16.9 Å². The molecule has 2 saturated heterocycles. The molecule has 2 aliphatic rings. The number of hydrogen-bond acceptors (Lipinski definition) is 11. The van der Waals surface area contributed by atoms with Gasteiger partial charge in [-0.3, -0.25) is 18.4 Å². The van der Waals surface area contributed by atoms with Crippen molar-refractivity contribution in [3.8, 4) is 23.0 Å². The van der Waals surface area contributed by atoms with Crippen LogP contribution in [0.15, 0.2) is 48.5 Å². The molecule has 53 heavy (non-hydrogen) atoms. The van der Waals surface area contributed by atoms with Gasteiger partial charge in [-0.1, -0.05) is 6.07 Å². The van der Waals surface area contributed by atoms with E-state index in [0.717, 1.165) is 31.6 Å². The molecular weight excluding hydrogens is 706 g/mol. The maximum Gasteiger partial charge on any atom is 0.474 e. The molecule has 2 fully saturated rings. The van der Waals surface area contributed by atoms with Gasteiger partial charge in [-0.05, 0) is 95.3 Å². The van der Waals surface area contributed by atoms with Crippen molar-refractivity contribution in [3.63, 3.8) is 0 Å². The molecule has 14 nitrogen and oxygen atoms in total. The van der Waals surface area contributed by atoms with E-state index in [2.05, 4.69) is 10.2 Å². The highest BCUT2D eigenvalue weighted by Crippen LogP contribution is 2.47. The number of rotatable bonds is 13. The average molecular weight is 755 g/mol. The maximum atomic E-state index is 14.8. The zero-order valence-electron chi connectivity index (χ0n) is 30.9. The Labute approximate surface area is 309 Å². The van der Waals surface area contributed by atoms with E-state index < -0.39 is 25.3 Å². The number of alkyl carbamates (subject to hydrolysis) is 1. The Bertz CT molecular complexity index is 1810. The number of halogens is 1.